The van der Waals surface area contributed by atoms with Crippen molar-refractivity contribution in [1.82, 2.24) is 15.6 Å². The van der Waals surface area contributed by atoms with E-state index in [-0.39, 0.29) is 16.7 Å². The van der Waals surface area contributed by atoms with E-state index in [4.69, 9.17) is 0 Å². The van der Waals surface area contributed by atoms with Crippen LogP contribution in [0.2, 0.25) is 0 Å². The standard InChI is InChI=1S/C10H15N3O2S/c14-9(7-2-1-3-11-4-7)12-5-8-6-16-10(15)13-8/h6-7,11H,1-5H2,(H,12,14)(H,13,15)/t7-/m1/s1. The molecule has 5 nitrogen and oxygen atoms in total. The Labute approximate surface area is 97.3 Å². The largest absolute Gasteiger partial charge is 0.350 e. The zero-order chi connectivity index (χ0) is 11.4. The number of hydrogen-bond donors (Lipinski definition) is 3. The molecule has 6 heteroatoms. The van der Waals surface area contributed by atoms with Gasteiger partial charge in [-0.05, 0) is 19.4 Å². The third-order valence-corrected chi connectivity index (χ3v) is 3.41. The number of carbonyl (C=O) groups is 1. The first-order valence-electron chi connectivity index (χ1n) is 5.41. The lowest BCUT2D eigenvalue weighted by molar-refractivity contribution is -0.125. The first kappa shape index (κ1) is 11.3. The van der Waals surface area contributed by atoms with Crippen LogP contribution in [0.25, 0.3) is 0 Å². The van der Waals surface area contributed by atoms with Gasteiger partial charge in [0.1, 0.15) is 0 Å². The van der Waals surface area contributed by atoms with Gasteiger partial charge in [-0.25, -0.2) is 0 Å². The predicted octanol–water partition coefficient (Wildman–Crippen LogP) is 0.0522. The first-order valence-corrected chi connectivity index (χ1v) is 6.29. The number of nitrogens with one attached hydrogen (secondary N) is 3. The molecule has 0 aliphatic carbocycles. The predicted molar refractivity (Wildman–Crippen MR) is 62.4 cm³/mol. The molecule has 2 rings (SSSR count). The average molecular weight is 241 g/mol. The van der Waals surface area contributed by atoms with E-state index in [2.05, 4.69) is 15.6 Å². The highest BCUT2D eigenvalue weighted by atomic mass is 32.1. The molecule has 1 aromatic rings. The zero-order valence-corrected chi connectivity index (χ0v) is 9.73. The van der Waals surface area contributed by atoms with Gasteiger partial charge in [0, 0.05) is 17.6 Å². The van der Waals surface area contributed by atoms with E-state index < -0.39 is 0 Å². The van der Waals surface area contributed by atoms with Gasteiger partial charge >= 0.3 is 4.87 Å². The van der Waals surface area contributed by atoms with Gasteiger partial charge in [-0.1, -0.05) is 11.3 Å². The fourth-order valence-corrected chi connectivity index (χ4v) is 2.38. The summed E-state index contributed by atoms with van der Waals surface area (Å²) < 4.78 is 0. The molecule has 3 N–H and O–H groups in total. The molecule has 1 fully saturated rings. The number of rotatable bonds is 3. The van der Waals surface area contributed by atoms with Gasteiger partial charge < -0.3 is 15.6 Å². The van der Waals surface area contributed by atoms with E-state index in [0.717, 1.165) is 43.0 Å². The van der Waals surface area contributed by atoms with Gasteiger partial charge in [0.05, 0.1) is 12.5 Å². The molecule has 1 aromatic heterocycles. The molecule has 1 amide bonds. The van der Waals surface area contributed by atoms with Crippen LogP contribution in [0.15, 0.2) is 10.2 Å². The van der Waals surface area contributed by atoms with Gasteiger partial charge in [0.2, 0.25) is 5.91 Å². The fourth-order valence-electron chi connectivity index (χ4n) is 1.80. The molecule has 2 heterocycles. The van der Waals surface area contributed by atoms with Crippen molar-refractivity contribution in [3.63, 3.8) is 0 Å². The van der Waals surface area contributed by atoms with Gasteiger partial charge in [0.25, 0.3) is 0 Å². The van der Waals surface area contributed by atoms with E-state index in [1.54, 1.807) is 5.38 Å². The van der Waals surface area contributed by atoms with Crippen molar-refractivity contribution in [3.8, 4) is 0 Å². The van der Waals surface area contributed by atoms with Crippen LogP contribution >= 0.6 is 11.3 Å². The Bertz CT molecular complexity index is 406. The molecule has 1 atom stereocenters. The van der Waals surface area contributed by atoms with Crippen molar-refractivity contribution in [2.75, 3.05) is 13.1 Å². The summed E-state index contributed by atoms with van der Waals surface area (Å²) in [4.78, 5) is 25.2. The Morgan fingerprint density at radius 1 is 1.62 bits per heavy atom. The number of aromatic nitrogens is 1. The number of H-pyrrole nitrogens is 1. The second kappa shape index (κ2) is 5.27. The highest BCUT2D eigenvalue weighted by Crippen LogP contribution is 2.09. The van der Waals surface area contributed by atoms with Crippen molar-refractivity contribution in [2.45, 2.75) is 19.4 Å². The summed E-state index contributed by atoms with van der Waals surface area (Å²) in [6.07, 6.45) is 1.99. The van der Waals surface area contributed by atoms with E-state index in [9.17, 15) is 9.59 Å². The first-order chi connectivity index (χ1) is 7.75. The summed E-state index contributed by atoms with van der Waals surface area (Å²) in [5.74, 6) is 0.137. The lowest BCUT2D eigenvalue weighted by Crippen LogP contribution is -2.40. The molecular weight excluding hydrogens is 226 g/mol. The molecule has 0 bridgehead atoms. The lowest BCUT2D eigenvalue weighted by Gasteiger charge is -2.21. The summed E-state index contributed by atoms with van der Waals surface area (Å²) in [5.41, 5.74) is 0.770. The minimum atomic E-state index is -0.0800. The number of hydrogen-bond acceptors (Lipinski definition) is 4. The van der Waals surface area contributed by atoms with Crippen molar-refractivity contribution in [3.05, 3.63) is 20.7 Å². The number of aromatic amines is 1. The van der Waals surface area contributed by atoms with Gasteiger partial charge in [-0.3, -0.25) is 9.59 Å². The second-order valence-corrected chi connectivity index (χ2v) is 4.78. The number of thiazole rings is 1. The quantitative estimate of drug-likeness (QED) is 0.700. The third kappa shape index (κ3) is 2.93. The highest BCUT2D eigenvalue weighted by molar-refractivity contribution is 7.07. The van der Waals surface area contributed by atoms with Crippen LogP contribution in [0.4, 0.5) is 0 Å². The van der Waals surface area contributed by atoms with Crippen molar-refractivity contribution in [1.29, 1.82) is 0 Å². The summed E-state index contributed by atoms with van der Waals surface area (Å²) in [5, 5.41) is 7.78. The third-order valence-electron chi connectivity index (χ3n) is 2.69. The lowest BCUT2D eigenvalue weighted by atomic mass is 9.99. The Morgan fingerprint density at radius 2 is 2.50 bits per heavy atom. The minimum Gasteiger partial charge on any atom is -0.350 e. The SMILES string of the molecule is O=C(NCc1csc(=O)[nH]1)[C@@H]1CCCNC1. The molecule has 1 aliphatic heterocycles. The van der Waals surface area contributed by atoms with Crippen LogP contribution in [0, 0.1) is 5.92 Å². The molecule has 0 unspecified atom stereocenters. The maximum absolute atomic E-state index is 11.7. The maximum Gasteiger partial charge on any atom is 0.304 e. The normalized spacial score (nSPS) is 20.6. The summed E-state index contributed by atoms with van der Waals surface area (Å²) in [6.45, 7) is 2.17. The Morgan fingerprint density at radius 3 is 3.12 bits per heavy atom. The van der Waals surface area contributed by atoms with E-state index in [1.165, 1.54) is 0 Å². The zero-order valence-electron chi connectivity index (χ0n) is 8.91. The summed E-state index contributed by atoms with van der Waals surface area (Å²) >= 11 is 1.12. The maximum atomic E-state index is 11.7. The minimum absolute atomic E-state index is 0.0686. The number of piperidine rings is 1. The van der Waals surface area contributed by atoms with Crippen LogP contribution in [0.5, 0.6) is 0 Å². The molecule has 88 valence electrons. The molecule has 0 radical (unpaired) electrons. The molecule has 1 saturated heterocycles. The van der Waals surface area contributed by atoms with E-state index in [1.807, 2.05) is 0 Å². The fraction of sp³-hybridized carbons (Fsp3) is 0.600. The van der Waals surface area contributed by atoms with Crippen LogP contribution in [-0.2, 0) is 11.3 Å². The molecule has 1 aliphatic rings. The van der Waals surface area contributed by atoms with Crippen molar-refractivity contribution < 1.29 is 4.79 Å². The Balaban J connectivity index is 1.81. The van der Waals surface area contributed by atoms with Crippen LogP contribution in [0.3, 0.4) is 0 Å². The van der Waals surface area contributed by atoms with E-state index >= 15 is 0 Å². The Hall–Kier alpha value is -1.14. The number of amides is 1. The Kier molecular flexibility index (Phi) is 3.74. The number of carbonyl (C=O) groups excluding carboxylic acids is 1. The monoisotopic (exact) mass is 241 g/mol. The van der Waals surface area contributed by atoms with E-state index in [0.29, 0.717) is 6.54 Å². The van der Waals surface area contributed by atoms with Gasteiger partial charge in [0.15, 0.2) is 0 Å². The molecule has 16 heavy (non-hydrogen) atoms. The van der Waals surface area contributed by atoms with Gasteiger partial charge in [-0.2, -0.15) is 0 Å². The molecular formula is C10H15N3O2S. The molecule has 0 spiro atoms. The summed E-state index contributed by atoms with van der Waals surface area (Å²) in [6, 6.07) is 0. The molecule has 0 aromatic carbocycles. The average Bonchev–Trinajstić information content (AvgIpc) is 2.73. The van der Waals surface area contributed by atoms with Crippen LogP contribution in [0.1, 0.15) is 18.5 Å². The second-order valence-electron chi connectivity index (χ2n) is 3.93. The van der Waals surface area contributed by atoms with Crippen LogP contribution in [-0.4, -0.2) is 24.0 Å². The smallest absolute Gasteiger partial charge is 0.304 e. The van der Waals surface area contributed by atoms with Crippen molar-refractivity contribution in [2.24, 2.45) is 5.92 Å². The van der Waals surface area contributed by atoms with Crippen LogP contribution < -0.4 is 15.5 Å². The highest BCUT2D eigenvalue weighted by Gasteiger charge is 2.20. The molecule has 0 saturated carbocycles. The van der Waals surface area contributed by atoms with Crippen molar-refractivity contribution >= 4 is 17.2 Å². The van der Waals surface area contributed by atoms with Gasteiger partial charge in [-0.15, -0.1) is 0 Å². The summed E-state index contributed by atoms with van der Waals surface area (Å²) in [7, 11) is 0. The topological polar surface area (TPSA) is 74.0 Å².